The van der Waals surface area contributed by atoms with Crippen molar-refractivity contribution in [1.82, 2.24) is 19.7 Å². The molecular formula is C8H9N5S. The van der Waals surface area contributed by atoms with Crippen LogP contribution in [0.4, 0.5) is 5.82 Å². The Bertz CT molecular complexity index is 425. The summed E-state index contributed by atoms with van der Waals surface area (Å²) in [7, 11) is 0. The molecule has 2 N–H and O–H groups in total. The number of hydrogen-bond donors (Lipinski definition) is 1. The van der Waals surface area contributed by atoms with E-state index >= 15 is 0 Å². The summed E-state index contributed by atoms with van der Waals surface area (Å²) in [6.07, 6.45) is 6.78. The summed E-state index contributed by atoms with van der Waals surface area (Å²) >= 11 is 1.54. The summed E-state index contributed by atoms with van der Waals surface area (Å²) in [5, 5.41) is 5.12. The van der Waals surface area contributed by atoms with Crippen LogP contribution in [0.1, 0.15) is 0 Å². The highest BCUT2D eigenvalue weighted by atomic mass is 32.2. The molecule has 0 spiro atoms. The summed E-state index contributed by atoms with van der Waals surface area (Å²) in [4.78, 5) is 8.06. The zero-order valence-electron chi connectivity index (χ0n) is 7.58. The average Bonchev–Trinajstić information content (AvgIpc) is 2.61. The molecule has 6 heteroatoms. The van der Waals surface area contributed by atoms with Crippen LogP contribution in [0.25, 0.3) is 5.82 Å². The van der Waals surface area contributed by atoms with Gasteiger partial charge in [0.15, 0.2) is 5.82 Å². The van der Waals surface area contributed by atoms with Crippen molar-refractivity contribution >= 4 is 17.6 Å². The predicted molar refractivity (Wildman–Crippen MR) is 55.3 cm³/mol. The third-order valence-corrected chi connectivity index (χ3v) is 2.31. The molecule has 0 atom stereocenters. The molecule has 0 aliphatic carbocycles. The van der Waals surface area contributed by atoms with E-state index in [4.69, 9.17) is 5.73 Å². The Hall–Kier alpha value is -1.56. The normalized spacial score (nSPS) is 10.4. The number of nitrogen functional groups attached to an aromatic ring is 1. The van der Waals surface area contributed by atoms with E-state index in [9.17, 15) is 0 Å². The van der Waals surface area contributed by atoms with Gasteiger partial charge in [-0.25, -0.2) is 4.98 Å². The maximum Gasteiger partial charge on any atom is 0.174 e. The summed E-state index contributed by atoms with van der Waals surface area (Å²) in [6, 6.07) is 1.80. The van der Waals surface area contributed by atoms with E-state index in [1.54, 1.807) is 29.3 Å². The van der Waals surface area contributed by atoms with Crippen molar-refractivity contribution in [3.63, 3.8) is 0 Å². The highest BCUT2D eigenvalue weighted by Gasteiger charge is 2.06. The van der Waals surface area contributed by atoms with Crippen molar-refractivity contribution in [2.24, 2.45) is 0 Å². The molecule has 0 saturated heterocycles. The van der Waals surface area contributed by atoms with Gasteiger partial charge >= 0.3 is 0 Å². The number of thioether (sulfide) groups is 1. The van der Waals surface area contributed by atoms with E-state index in [0.29, 0.717) is 11.6 Å². The second-order valence-electron chi connectivity index (χ2n) is 2.59. The monoisotopic (exact) mass is 207 g/mol. The molecule has 0 saturated carbocycles. The Balaban J connectivity index is 2.46. The van der Waals surface area contributed by atoms with Crippen molar-refractivity contribution in [3.8, 4) is 5.82 Å². The fourth-order valence-electron chi connectivity index (χ4n) is 1.06. The lowest BCUT2D eigenvalue weighted by Gasteiger charge is -1.99. The van der Waals surface area contributed by atoms with Crippen LogP contribution in [0, 0.1) is 0 Å². The minimum Gasteiger partial charge on any atom is -0.383 e. The lowest BCUT2D eigenvalue weighted by atomic mass is 10.6. The molecule has 0 radical (unpaired) electrons. The van der Waals surface area contributed by atoms with E-state index in [0.717, 1.165) is 5.03 Å². The van der Waals surface area contributed by atoms with Gasteiger partial charge in [0, 0.05) is 18.5 Å². The van der Waals surface area contributed by atoms with Crippen LogP contribution < -0.4 is 5.73 Å². The first-order valence-corrected chi connectivity index (χ1v) is 5.19. The van der Waals surface area contributed by atoms with E-state index in [1.807, 2.05) is 6.26 Å². The first-order chi connectivity index (χ1) is 6.81. The van der Waals surface area contributed by atoms with Gasteiger partial charge in [-0.05, 0) is 6.26 Å². The van der Waals surface area contributed by atoms with Crippen molar-refractivity contribution in [2.75, 3.05) is 12.0 Å². The highest BCUT2D eigenvalue weighted by Crippen LogP contribution is 2.18. The van der Waals surface area contributed by atoms with Crippen molar-refractivity contribution < 1.29 is 0 Å². The molecule has 2 aromatic rings. The number of rotatable bonds is 2. The van der Waals surface area contributed by atoms with Gasteiger partial charge in [0.2, 0.25) is 0 Å². The highest BCUT2D eigenvalue weighted by molar-refractivity contribution is 7.98. The fourth-order valence-corrected chi connectivity index (χ4v) is 1.46. The largest absolute Gasteiger partial charge is 0.383 e. The summed E-state index contributed by atoms with van der Waals surface area (Å²) < 4.78 is 1.57. The smallest absolute Gasteiger partial charge is 0.174 e. The van der Waals surface area contributed by atoms with Gasteiger partial charge in [0.1, 0.15) is 10.8 Å². The number of nitrogens with two attached hydrogens (primary N) is 1. The summed E-state index contributed by atoms with van der Waals surface area (Å²) in [5.41, 5.74) is 5.77. The van der Waals surface area contributed by atoms with Gasteiger partial charge in [0.05, 0.1) is 6.20 Å². The first-order valence-electron chi connectivity index (χ1n) is 3.97. The van der Waals surface area contributed by atoms with Crippen LogP contribution >= 0.6 is 11.8 Å². The van der Waals surface area contributed by atoms with Crippen LogP contribution in [0.2, 0.25) is 0 Å². The second-order valence-corrected chi connectivity index (χ2v) is 3.41. The fraction of sp³-hybridized carbons (Fsp3) is 0.125. The topological polar surface area (TPSA) is 69.6 Å². The van der Waals surface area contributed by atoms with Gasteiger partial charge in [-0.15, -0.1) is 11.8 Å². The lowest BCUT2D eigenvalue weighted by Crippen LogP contribution is -2.03. The molecule has 0 aromatic carbocycles. The Labute approximate surface area is 85.4 Å². The predicted octanol–water partition coefficient (Wildman–Crippen LogP) is 0.966. The van der Waals surface area contributed by atoms with Crippen molar-refractivity contribution in [1.29, 1.82) is 0 Å². The molecule has 14 heavy (non-hydrogen) atoms. The Morgan fingerprint density at radius 2 is 2.29 bits per heavy atom. The number of anilines is 1. The summed E-state index contributed by atoms with van der Waals surface area (Å²) in [5.74, 6) is 1.19. The van der Waals surface area contributed by atoms with Gasteiger partial charge in [-0.2, -0.15) is 9.78 Å². The number of aromatic nitrogens is 4. The molecule has 2 aromatic heterocycles. The van der Waals surface area contributed by atoms with Gasteiger partial charge in [0.25, 0.3) is 0 Å². The Morgan fingerprint density at radius 3 is 2.86 bits per heavy atom. The molecule has 0 fully saturated rings. The molecule has 72 valence electrons. The maximum atomic E-state index is 5.77. The van der Waals surface area contributed by atoms with Crippen LogP contribution in [0.15, 0.2) is 29.7 Å². The van der Waals surface area contributed by atoms with Crippen LogP contribution in [0.5, 0.6) is 0 Å². The number of hydrogen-bond acceptors (Lipinski definition) is 5. The SMILES string of the molecule is CSc1cc(N)n(-c2cnccn2)n1. The third-order valence-electron chi connectivity index (χ3n) is 1.69. The van der Waals surface area contributed by atoms with Gasteiger partial charge in [-0.3, -0.25) is 4.98 Å². The molecule has 0 aliphatic heterocycles. The maximum absolute atomic E-state index is 5.77. The van der Waals surface area contributed by atoms with Gasteiger partial charge < -0.3 is 5.73 Å². The number of nitrogens with zero attached hydrogens (tertiary/aromatic N) is 4. The molecule has 0 amide bonds. The Morgan fingerprint density at radius 1 is 1.43 bits per heavy atom. The van der Waals surface area contributed by atoms with Crippen LogP contribution in [-0.2, 0) is 0 Å². The molecule has 2 heterocycles. The van der Waals surface area contributed by atoms with E-state index in [-0.39, 0.29) is 0 Å². The minimum absolute atomic E-state index is 0.565. The molecule has 0 bridgehead atoms. The molecular weight excluding hydrogens is 198 g/mol. The molecule has 0 aliphatic rings. The molecule has 2 rings (SSSR count). The van der Waals surface area contributed by atoms with Crippen LogP contribution in [-0.4, -0.2) is 26.0 Å². The average molecular weight is 207 g/mol. The molecule has 0 unspecified atom stereocenters. The van der Waals surface area contributed by atoms with Crippen LogP contribution in [0.3, 0.4) is 0 Å². The van der Waals surface area contributed by atoms with E-state index in [2.05, 4.69) is 15.1 Å². The first kappa shape index (κ1) is 9.01. The second kappa shape index (κ2) is 3.67. The minimum atomic E-state index is 0.565. The zero-order chi connectivity index (χ0) is 9.97. The van der Waals surface area contributed by atoms with E-state index in [1.165, 1.54) is 11.8 Å². The van der Waals surface area contributed by atoms with Crippen molar-refractivity contribution in [2.45, 2.75) is 5.03 Å². The summed E-state index contributed by atoms with van der Waals surface area (Å²) in [6.45, 7) is 0. The third kappa shape index (κ3) is 1.56. The van der Waals surface area contributed by atoms with Crippen molar-refractivity contribution in [3.05, 3.63) is 24.7 Å². The van der Waals surface area contributed by atoms with E-state index < -0.39 is 0 Å². The van der Waals surface area contributed by atoms with Gasteiger partial charge in [-0.1, -0.05) is 0 Å². The molecule has 5 nitrogen and oxygen atoms in total. The quantitative estimate of drug-likeness (QED) is 0.743. The zero-order valence-corrected chi connectivity index (χ0v) is 8.40. The standard InChI is InChI=1S/C8H9N5S/c1-14-8-4-6(9)13(12-8)7-5-10-2-3-11-7/h2-5H,9H2,1H3. The lowest BCUT2D eigenvalue weighted by molar-refractivity contribution is 0.812. The Kier molecular flexibility index (Phi) is 2.36.